The van der Waals surface area contributed by atoms with Crippen LogP contribution in [0, 0.1) is 0 Å². The van der Waals surface area contributed by atoms with Gasteiger partial charge in [-0.2, -0.15) is 0 Å². The number of hydrogen-bond acceptors (Lipinski definition) is 4. The summed E-state index contributed by atoms with van der Waals surface area (Å²) in [6, 6.07) is 14.8. The minimum Gasteiger partial charge on any atom is -0.496 e. The first kappa shape index (κ1) is 19.5. The molecule has 1 aliphatic heterocycles. The summed E-state index contributed by atoms with van der Waals surface area (Å²) in [4.78, 5) is 0. The second-order valence-electron chi connectivity index (χ2n) is 6.49. The molecule has 0 radical (unpaired) electrons. The van der Waals surface area contributed by atoms with Crippen molar-refractivity contribution in [1.82, 2.24) is 10.6 Å². The highest BCUT2D eigenvalue weighted by Gasteiger charge is 2.31. The van der Waals surface area contributed by atoms with Crippen molar-refractivity contribution < 1.29 is 22.6 Å². The number of alkyl halides is 3. The first-order chi connectivity index (χ1) is 13.0. The molecule has 0 aliphatic carbocycles. The van der Waals surface area contributed by atoms with Gasteiger partial charge in [-0.1, -0.05) is 36.4 Å². The van der Waals surface area contributed by atoms with E-state index in [-0.39, 0.29) is 17.8 Å². The Morgan fingerprint density at radius 1 is 1.15 bits per heavy atom. The topological polar surface area (TPSA) is 42.5 Å². The van der Waals surface area contributed by atoms with Crippen molar-refractivity contribution in [2.24, 2.45) is 0 Å². The Morgan fingerprint density at radius 2 is 1.93 bits per heavy atom. The van der Waals surface area contributed by atoms with Crippen LogP contribution < -0.4 is 20.1 Å². The normalized spacial score (nSPS) is 20.3. The molecule has 7 heteroatoms. The minimum absolute atomic E-state index is 0.193. The molecular formula is C20H23F3N2O2. The third kappa shape index (κ3) is 5.37. The molecule has 2 atom stereocenters. The lowest BCUT2D eigenvalue weighted by atomic mass is 9.92. The Bertz CT molecular complexity index is 738. The van der Waals surface area contributed by atoms with Crippen molar-refractivity contribution in [1.29, 1.82) is 0 Å². The Labute approximate surface area is 156 Å². The maximum atomic E-state index is 12.4. The van der Waals surface area contributed by atoms with E-state index in [4.69, 9.17) is 4.74 Å². The fourth-order valence-corrected chi connectivity index (χ4v) is 3.43. The molecule has 0 spiro atoms. The van der Waals surface area contributed by atoms with E-state index in [1.54, 1.807) is 6.07 Å². The van der Waals surface area contributed by atoms with Gasteiger partial charge in [0, 0.05) is 30.3 Å². The smallest absolute Gasteiger partial charge is 0.496 e. The maximum Gasteiger partial charge on any atom is 0.573 e. The summed E-state index contributed by atoms with van der Waals surface area (Å²) in [5, 5.41) is 7.07. The van der Waals surface area contributed by atoms with Gasteiger partial charge < -0.3 is 20.1 Å². The van der Waals surface area contributed by atoms with E-state index in [9.17, 15) is 13.2 Å². The molecular weight excluding hydrogens is 357 g/mol. The van der Waals surface area contributed by atoms with E-state index in [0.717, 1.165) is 24.9 Å². The summed E-state index contributed by atoms with van der Waals surface area (Å²) in [6.07, 6.45) is -2.64. The van der Waals surface area contributed by atoms with Crippen LogP contribution in [0.25, 0.3) is 0 Å². The molecule has 1 heterocycles. The Morgan fingerprint density at radius 3 is 2.63 bits per heavy atom. The van der Waals surface area contributed by atoms with Crippen molar-refractivity contribution in [2.45, 2.75) is 37.8 Å². The van der Waals surface area contributed by atoms with Crippen LogP contribution in [0.3, 0.4) is 0 Å². The van der Waals surface area contributed by atoms with E-state index in [1.165, 1.54) is 24.8 Å². The number of benzene rings is 2. The van der Waals surface area contributed by atoms with E-state index in [1.807, 2.05) is 18.2 Å². The molecule has 1 fully saturated rings. The third-order valence-corrected chi connectivity index (χ3v) is 4.66. The largest absolute Gasteiger partial charge is 0.573 e. The number of rotatable bonds is 6. The van der Waals surface area contributed by atoms with Crippen LogP contribution in [0.1, 0.15) is 30.0 Å². The third-order valence-electron chi connectivity index (χ3n) is 4.66. The summed E-state index contributed by atoms with van der Waals surface area (Å²) >= 11 is 0. The number of halogens is 3. The highest BCUT2D eigenvalue weighted by molar-refractivity contribution is 5.41. The molecule has 146 valence electrons. The fourth-order valence-electron chi connectivity index (χ4n) is 3.43. The van der Waals surface area contributed by atoms with E-state index < -0.39 is 6.36 Å². The summed E-state index contributed by atoms with van der Waals surface area (Å²) in [5.41, 5.74) is 2.00. The van der Waals surface area contributed by atoms with Crippen LogP contribution in [-0.4, -0.2) is 26.1 Å². The lowest BCUT2D eigenvalue weighted by Crippen LogP contribution is -2.45. The Kier molecular flexibility index (Phi) is 6.23. The van der Waals surface area contributed by atoms with Crippen LogP contribution in [-0.2, 0) is 6.54 Å². The van der Waals surface area contributed by atoms with Gasteiger partial charge in [0.2, 0.25) is 0 Å². The van der Waals surface area contributed by atoms with Crippen molar-refractivity contribution in [3.63, 3.8) is 0 Å². The monoisotopic (exact) mass is 380 g/mol. The van der Waals surface area contributed by atoms with Crippen LogP contribution in [0.5, 0.6) is 11.5 Å². The van der Waals surface area contributed by atoms with Crippen LogP contribution in [0.15, 0.2) is 48.5 Å². The summed E-state index contributed by atoms with van der Waals surface area (Å²) in [7, 11) is 1.44. The highest BCUT2D eigenvalue weighted by Crippen LogP contribution is 2.30. The zero-order chi connectivity index (χ0) is 19.3. The predicted molar refractivity (Wildman–Crippen MR) is 96.7 cm³/mol. The second-order valence-corrected chi connectivity index (χ2v) is 6.49. The molecule has 27 heavy (non-hydrogen) atoms. The quantitative estimate of drug-likeness (QED) is 0.789. The van der Waals surface area contributed by atoms with Crippen molar-refractivity contribution in [2.75, 3.05) is 13.7 Å². The molecule has 2 aromatic rings. The Balaban J connectivity index is 1.69. The van der Waals surface area contributed by atoms with Crippen molar-refractivity contribution in [3.8, 4) is 11.5 Å². The lowest BCUT2D eigenvalue weighted by Gasteiger charge is -2.34. The zero-order valence-electron chi connectivity index (χ0n) is 15.1. The standard InChI is InChI=1S/C20H23F3N2O2/c1-26-18-12-16(27-20(21,22)23)10-9-15(18)13-25-17-8-5-11-24-19(17)14-6-3-2-4-7-14/h2-4,6-7,9-10,12,17,19,24-25H,5,8,11,13H2,1H3/t17-,19-/m0/s1. The molecule has 2 aromatic carbocycles. The summed E-state index contributed by atoms with van der Waals surface area (Å²) in [6.45, 7) is 1.45. The number of piperidine rings is 1. The van der Waals surface area contributed by atoms with Gasteiger partial charge in [0.1, 0.15) is 11.5 Å². The summed E-state index contributed by atoms with van der Waals surface area (Å²) < 4.78 is 46.4. The van der Waals surface area contributed by atoms with E-state index >= 15 is 0 Å². The molecule has 0 bridgehead atoms. The number of hydrogen-bond donors (Lipinski definition) is 2. The molecule has 0 aromatic heterocycles. The number of nitrogens with one attached hydrogen (secondary N) is 2. The van der Waals surface area contributed by atoms with Gasteiger partial charge in [-0.25, -0.2) is 0 Å². The molecule has 3 rings (SSSR count). The van der Waals surface area contributed by atoms with Gasteiger partial charge in [0.25, 0.3) is 0 Å². The van der Waals surface area contributed by atoms with Crippen LogP contribution in [0.2, 0.25) is 0 Å². The molecule has 0 unspecified atom stereocenters. The SMILES string of the molecule is COc1cc(OC(F)(F)F)ccc1CN[C@H]1CCCN[C@H]1c1ccccc1. The molecule has 4 nitrogen and oxygen atoms in total. The summed E-state index contributed by atoms with van der Waals surface area (Å²) in [5.74, 6) is 0.0777. The average molecular weight is 380 g/mol. The van der Waals surface area contributed by atoms with Crippen LogP contribution in [0.4, 0.5) is 13.2 Å². The van der Waals surface area contributed by atoms with E-state index in [2.05, 4.69) is 27.5 Å². The van der Waals surface area contributed by atoms with Gasteiger partial charge >= 0.3 is 6.36 Å². The van der Waals surface area contributed by atoms with Gasteiger partial charge in [-0.05, 0) is 31.0 Å². The van der Waals surface area contributed by atoms with Crippen molar-refractivity contribution >= 4 is 0 Å². The molecule has 1 aliphatic rings. The van der Waals surface area contributed by atoms with Crippen molar-refractivity contribution in [3.05, 3.63) is 59.7 Å². The van der Waals surface area contributed by atoms with Crippen LogP contribution >= 0.6 is 0 Å². The molecule has 0 saturated carbocycles. The average Bonchev–Trinajstić information content (AvgIpc) is 2.66. The first-order valence-corrected chi connectivity index (χ1v) is 8.90. The predicted octanol–water partition coefficient (Wildman–Crippen LogP) is 4.18. The van der Waals surface area contributed by atoms with Gasteiger partial charge in [0.05, 0.1) is 7.11 Å². The zero-order valence-corrected chi connectivity index (χ0v) is 15.1. The van der Waals surface area contributed by atoms with E-state index in [0.29, 0.717) is 12.3 Å². The van der Waals surface area contributed by atoms with Gasteiger partial charge in [-0.3, -0.25) is 0 Å². The molecule has 0 amide bonds. The van der Waals surface area contributed by atoms with Gasteiger partial charge in [-0.15, -0.1) is 13.2 Å². The first-order valence-electron chi connectivity index (χ1n) is 8.90. The minimum atomic E-state index is -4.72. The number of ether oxygens (including phenoxy) is 2. The second kappa shape index (κ2) is 8.63. The molecule has 2 N–H and O–H groups in total. The van der Waals surface area contributed by atoms with Gasteiger partial charge in [0.15, 0.2) is 0 Å². The molecule has 1 saturated heterocycles. The lowest BCUT2D eigenvalue weighted by molar-refractivity contribution is -0.274. The fraction of sp³-hybridized carbons (Fsp3) is 0.400. The maximum absolute atomic E-state index is 12.4. The Hall–Kier alpha value is -2.25. The highest BCUT2D eigenvalue weighted by atomic mass is 19.4. The number of methoxy groups -OCH3 is 1.